The topological polar surface area (TPSA) is 76.2 Å². The quantitative estimate of drug-likeness (QED) is 0.518. The average molecular weight is 525 g/mol. The molecule has 0 radical (unpaired) electrons. The zero-order valence-corrected chi connectivity index (χ0v) is 20.9. The maximum absolute atomic E-state index is 14.2. The smallest absolute Gasteiger partial charge is 0.425 e. The minimum Gasteiger partial charge on any atom is -0.490 e. The van der Waals surface area contributed by atoms with Crippen LogP contribution in [0, 0.1) is 11.7 Å². The molecule has 1 saturated heterocycles. The molecule has 1 aromatic rings. The zero-order chi connectivity index (χ0) is 26.0. The van der Waals surface area contributed by atoms with Crippen molar-refractivity contribution in [1.29, 1.82) is 0 Å². The van der Waals surface area contributed by atoms with Crippen LogP contribution in [0.25, 0.3) is 0 Å². The predicted molar refractivity (Wildman–Crippen MR) is 120 cm³/mol. The van der Waals surface area contributed by atoms with Crippen LogP contribution in [0.15, 0.2) is 23.1 Å². The first-order valence-electron chi connectivity index (χ1n) is 11.7. The van der Waals surface area contributed by atoms with Gasteiger partial charge in [-0.15, -0.1) is 0 Å². The summed E-state index contributed by atoms with van der Waals surface area (Å²) in [7, 11) is -3.49. The summed E-state index contributed by atoms with van der Waals surface area (Å²) in [4.78, 5) is 15.6. The van der Waals surface area contributed by atoms with Crippen LogP contribution in [0.2, 0.25) is 0 Å². The van der Waals surface area contributed by atoms with E-state index < -0.39 is 34.0 Å². The number of piperazine rings is 1. The van der Waals surface area contributed by atoms with Crippen LogP contribution in [0.1, 0.15) is 39.5 Å². The minimum absolute atomic E-state index is 0.0160. The molecule has 0 aromatic heterocycles. The number of halogens is 4. The maximum Gasteiger partial charge on any atom is 0.425 e. The van der Waals surface area contributed by atoms with Gasteiger partial charge in [-0.2, -0.15) is 13.2 Å². The van der Waals surface area contributed by atoms with Crippen LogP contribution in [0.4, 0.5) is 22.4 Å². The fourth-order valence-electron chi connectivity index (χ4n) is 4.65. The summed E-state index contributed by atoms with van der Waals surface area (Å²) in [5.74, 6) is -0.455. The lowest BCUT2D eigenvalue weighted by Crippen LogP contribution is -2.57. The molecule has 0 N–H and O–H groups in total. The second-order valence-electron chi connectivity index (χ2n) is 9.45. The molecule has 35 heavy (non-hydrogen) atoms. The molecule has 7 nitrogen and oxygen atoms in total. The van der Waals surface area contributed by atoms with Gasteiger partial charge >= 0.3 is 12.3 Å². The number of ether oxygens (including phenoxy) is 2. The van der Waals surface area contributed by atoms with Gasteiger partial charge in [-0.3, -0.25) is 4.90 Å². The van der Waals surface area contributed by atoms with Crippen molar-refractivity contribution in [1.82, 2.24) is 9.80 Å². The number of amides is 1. The highest BCUT2D eigenvalue weighted by Crippen LogP contribution is 2.31. The summed E-state index contributed by atoms with van der Waals surface area (Å²) in [5, 5.41) is 0. The molecule has 3 rings (SSSR count). The van der Waals surface area contributed by atoms with Crippen LogP contribution < -0.4 is 4.74 Å². The number of nitrogens with zero attached hydrogens (tertiary/aromatic N) is 2. The number of sulfone groups is 1. The Kier molecular flexibility index (Phi) is 8.56. The SMILES string of the molecule is C[C@@H]1CN(C(=O)O[C@H](C)C(F)(F)F)CCN1[C@H]1CC[C@H](COc2ccc(S(C)(=O)=O)cc2F)CC1. The first kappa shape index (κ1) is 27.5. The molecule has 0 bridgehead atoms. The van der Waals surface area contributed by atoms with Crippen molar-refractivity contribution in [3.05, 3.63) is 24.0 Å². The molecule has 1 aliphatic carbocycles. The average Bonchev–Trinajstić information content (AvgIpc) is 2.77. The normalized spacial score (nSPS) is 25.2. The molecule has 198 valence electrons. The van der Waals surface area contributed by atoms with Crippen molar-refractivity contribution < 1.29 is 40.2 Å². The second-order valence-corrected chi connectivity index (χ2v) is 11.5. The monoisotopic (exact) mass is 524 g/mol. The van der Waals surface area contributed by atoms with Crippen LogP contribution >= 0.6 is 0 Å². The molecule has 0 unspecified atom stereocenters. The molecule has 1 heterocycles. The molecular weight excluding hydrogens is 492 g/mol. The van der Waals surface area contributed by atoms with Crippen LogP contribution in [0.3, 0.4) is 0 Å². The standard InChI is InChI=1S/C23H32F4N2O5S/c1-15-13-28(22(30)34-16(2)23(25,26)27)10-11-29(15)18-6-4-17(5-7-18)14-33-21-9-8-19(12-20(21)24)35(3,31)32/h8-9,12,15-18H,4-7,10-11,13-14H2,1-3H3/t15-,16-,17-,18-/m1/s1. The first-order chi connectivity index (χ1) is 16.3. The minimum atomic E-state index is -4.59. The van der Waals surface area contributed by atoms with Crippen molar-refractivity contribution in [3.63, 3.8) is 0 Å². The highest BCUT2D eigenvalue weighted by atomic mass is 32.2. The molecule has 1 aliphatic heterocycles. The third-order valence-corrected chi connectivity index (χ3v) is 7.88. The Morgan fingerprint density at radius 3 is 2.37 bits per heavy atom. The van der Waals surface area contributed by atoms with Crippen LogP contribution in [0.5, 0.6) is 5.75 Å². The summed E-state index contributed by atoms with van der Waals surface area (Å²) in [6.07, 6.45) is -3.14. The molecule has 2 aliphatic rings. The van der Waals surface area contributed by atoms with E-state index in [4.69, 9.17) is 4.74 Å². The number of alkyl halides is 3. The fraction of sp³-hybridized carbons (Fsp3) is 0.696. The molecule has 2 fully saturated rings. The summed E-state index contributed by atoms with van der Waals surface area (Å²) < 4.78 is 85.5. The van der Waals surface area contributed by atoms with Crippen molar-refractivity contribution in [3.8, 4) is 5.75 Å². The molecule has 12 heteroatoms. The highest BCUT2D eigenvalue weighted by Gasteiger charge is 2.41. The lowest BCUT2D eigenvalue weighted by molar-refractivity contribution is -0.200. The van der Waals surface area contributed by atoms with Gasteiger partial charge in [0.05, 0.1) is 11.5 Å². The number of benzene rings is 1. The van der Waals surface area contributed by atoms with Gasteiger partial charge in [0.15, 0.2) is 27.5 Å². The first-order valence-corrected chi connectivity index (χ1v) is 13.5. The molecule has 1 amide bonds. The van der Waals surface area contributed by atoms with Crippen molar-refractivity contribution >= 4 is 15.9 Å². The molecular formula is C23H32F4N2O5S. The van der Waals surface area contributed by atoms with Gasteiger partial charge in [0.25, 0.3) is 0 Å². The Bertz CT molecular complexity index is 996. The zero-order valence-electron chi connectivity index (χ0n) is 20.1. The maximum atomic E-state index is 14.2. The van der Waals surface area contributed by atoms with Crippen molar-refractivity contribution in [2.24, 2.45) is 5.92 Å². The van der Waals surface area contributed by atoms with Gasteiger partial charge in [-0.05, 0) is 63.6 Å². The van der Waals surface area contributed by atoms with E-state index >= 15 is 0 Å². The van der Waals surface area contributed by atoms with E-state index in [9.17, 15) is 30.8 Å². The van der Waals surface area contributed by atoms with E-state index in [-0.39, 0.29) is 22.6 Å². The van der Waals surface area contributed by atoms with Crippen molar-refractivity contribution in [2.75, 3.05) is 32.5 Å². The lowest BCUT2D eigenvalue weighted by Gasteiger charge is -2.45. The van der Waals surface area contributed by atoms with E-state index in [1.165, 1.54) is 17.0 Å². The van der Waals surface area contributed by atoms with Gasteiger partial charge in [0.2, 0.25) is 0 Å². The predicted octanol–water partition coefficient (Wildman–Crippen LogP) is 4.26. The van der Waals surface area contributed by atoms with Gasteiger partial charge in [0.1, 0.15) is 0 Å². The largest absolute Gasteiger partial charge is 0.490 e. The van der Waals surface area contributed by atoms with Crippen molar-refractivity contribution in [2.45, 2.75) is 68.8 Å². The molecule has 1 aromatic carbocycles. The molecule has 2 atom stereocenters. The van der Waals surface area contributed by atoms with Crippen LogP contribution in [-0.2, 0) is 14.6 Å². The molecule has 0 spiro atoms. The van der Waals surface area contributed by atoms with Gasteiger partial charge in [-0.25, -0.2) is 17.6 Å². The van der Waals surface area contributed by atoms with E-state index in [1.54, 1.807) is 0 Å². The molecule has 1 saturated carbocycles. The summed E-state index contributed by atoms with van der Waals surface area (Å²) in [6.45, 7) is 4.26. The Labute approximate surface area is 203 Å². The van der Waals surface area contributed by atoms with E-state index in [1.807, 2.05) is 6.92 Å². The number of hydrogen-bond acceptors (Lipinski definition) is 6. The van der Waals surface area contributed by atoms with E-state index in [2.05, 4.69) is 9.64 Å². The number of hydrogen-bond donors (Lipinski definition) is 0. The third kappa shape index (κ3) is 7.22. The van der Waals surface area contributed by atoms with E-state index in [0.29, 0.717) is 32.3 Å². The summed E-state index contributed by atoms with van der Waals surface area (Å²) in [5.41, 5.74) is 0. The fourth-order valence-corrected chi connectivity index (χ4v) is 5.29. The Hall–Kier alpha value is -2.08. The van der Waals surface area contributed by atoms with E-state index in [0.717, 1.165) is 44.9 Å². The number of carbonyl (C=O) groups is 1. The van der Waals surface area contributed by atoms with Gasteiger partial charge in [0, 0.05) is 38.0 Å². The Balaban J connectivity index is 1.44. The number of carbonyl (C=O) groups excluding carboxylic acids is 1. The Morgan fingerprint density at radius 2 is 1.83 bits per heavy atom. The lowest BCUT2D eigenvalue weighted by atomic mass is 9.85. The highest BCUT2D eigenvalue weighted by molar-refractivity contribution is 7.90. The summed E-state index contributed by atoms with van der Waals surface area (Å²) in [6, 6.07) is 3.89. The Morgan fingerprint density at radius 1 is 1.17 bits per heavy atom. The van der Waals surface area contributed by atoms with Gasteiger partial charge < -0.3 is 14.4 Å². The van der Waals surface area contributed by atoms with Crippen LogP contribution in [-0.4, -0.2) is 81.2 Å². The second kappa shape index (κ2) is 10.9. The van der Waals surface area contributed by atoms with Gasteiger partial charge in [-0.1, -0.05) is 0 Å². The number of rotatable bonds is 6. The summed E-state index contributed by atoms with van der Waals surface area (Å²) >= 11 is 0. The third-order valence-electron chi connectivity index (χ3n) is 6.77.